The van der Waals surface area contributed by atoms with Crippen LogP contribution in [0.5, 0.6) is 0 Å². The number of nitrogens with zero attached hydrogens (tertiary/aromatic N) is 1. The monoisotopic (exact) mass is 643 g/mol. The topological polar surface area (TPSA) is 116 Å². The van der Waals surface area contributed by atoms with Gasteiger partial charge in [0.05, 0.1) is 21.7 Å². The zero-order chi connectivity index (χ0) is 31.6. The number of halogens is 4. The van der Waals surface area contributed by atoms with Crippen LogP contribution in [-0.2, 0) is 27.4 Å². The van der Waals surface area contributed by atoms with E-state index in [2.05, 4.69) is 10.6 Å². The molecule has 44 heavy (non-hydrogen) atoms. The number of carbonyl (C=O) groups is 2. The van der Waals surface area contributed by atoms with E-state index in [1.54, 1.807) is 36.4 Å². The highest BCUT2D eigenvalue weighted by molar-refractivity contribution is 7.93. The van der Waals surface area contributed by atoms with Crippen molar-refractivity contribution in [3.63, 3.8) is 0 Å². The Morgan fingerprint density at radius 3 is 2.27 bits per heavy atom. The molecule has 1 amide bonds. The number of aromatic carboxylic acids is 1. The molecule has 1 atom stereocenters. The lowest BCUT2D eigenvalue weighted by atomic mass is 10.0. The second kappa shape index (κ2) is 12.2. The molecule has 0 radical (unpaired) electrons. The Bertz CT molecular complexity index is 1810. The second-order valence-corrected chi connectivity index (χ2v) is 12.2. The number of sulfonamides is 1. The van der Waals surface area contributed by atoms with Crippen molar-refractivity contribution in [1.29, 1.82) is 0 Å². The first-order chi connectivity index (χ1) is 20.9. The minimum absolute atomic E-state index is 0.0746. The number of alkyl halides is 3. The van der Waals surface area contributed by atoms with Crippen LogP contribution in [-0.4, -0.2) is 44.5 Å². The van der Waals surface area contributed by atoms with Crippen molar-refractivity contribution in [1.82, 2.24) is 5.32 Å². The van der Waals surface area contributed by atoms with Gasteiger partial charge in [-0.1, -0.05) is 41.9 Å². The third kappa shape index (κ3) is 6.36. The molecule has 0 aliphatic carbocycles. The number of fused-ring (bicyclic) bond motifs is 1. The number of hydrogen-bond acceptors (Lipinski definition) is 5. The van der Waals surface area contributed by atoms with Crippen LogP contribution in [0.25, 0.3) is 11.1 Å². The number of hydrogen-bond donors (Lipinski definition) is 3. The van der Waals surface area contributed by atoms with Crippen LogP contribution < -0.4 is 14.9 Å². The lowest BCUT2D eigenvalue weighted by molar-refractivity contribution is -0.137. The molecule has 4 aromatic carbocycles. The third-order valence-electron chi connectivity index (χ3n) is 7.13. The lowest BCUT2D eigenvalue weighted by Crippen LogP contribution is -2.48. The summed E-state index contributed by atoms with van der Waals surface area (Å²) in [4.78, 5) is 24.2. The third-order valence-corrected chi connectivity index (χ3v) is 9.30. The maximum absolute atomic E-state index is 13.9. The fourth-order valence-corrected chi connectivity index (χ4v) is 6.81. The zero-order valence-corrected chi connectivity index (χ0v) is 24.4. The van der Waals surface area contributed by atoms with Crippen molar-refractivity contribution in [3.8, 4) is 11.1 Å². The largest absolute Gasteiger partial charge is 0.478 e. The summed E-state index contributed by atoms with van der Waals surface area (Å²) in [6.45, 7) is 0.455. The molecule has 1 aliphatic heterocycles. The maximum Gasteiger partial charge on any atom is 0.416 e. The maximum atomic E-state index is 13.9. The summed E-state index contributed by atoms with van der Waals surface area (Å²) in [6, 6.07) is 20.0. The number of para-hydroxylation sites is 1. The SMILES string of the molecule is O=C(O)c1ccc(NCCNC(=O)[C@@H]2Cc3ccccc3N2S(=O)(=O)c2ccc(-c3cc(C(F)(F)F)ccc3Cl)cc2)cc1. The molecule has 228 valence electrons. The molecular formula is C31H25ClF3N3O5S. The first kappa shape index (κ1) is 30.9. The standard InChI is InChI=1S/C31H25ClF3N3O5S/c32-26-14-9-22(31(33,34)35)18-25(26)19-7-12-24(13-8-19)44(42,43)38-27-4-2-1-3-21(27)17-28(38)29(39)37-16-15-36-23-10-5-20(6-11-23)30(40)41/h1-14,18,28,36H,15-17H2,(H,37,39)(H,40,41)/t28-/m0/s1. The Labute approximate surface area is 256 Å². The van der Waals surface area contributed by atoms with Gasteiger partial charge in [0.25, 0.3) is 10.0 Å². The highest BCUT2D eigenvalue weighted by Crippen LogP contribution is 2.39. The highest BCUT2D eigenvalue weighted by Gasteiger charge is 2.42. The van der Waals surface area contributed by atoms with Crippen molar-refractivity contribution in [3.05, 3.63) is 113 Å². The molecule has 0 saturated heterocycles. The summed E-state index contributed by atoms with van der Waals surface area (Å²) in [5.74, 6) is -1.56. The van der Waals surface area contributed by atoms with E-state index < -0.39 is 39.7 Å². The molecule has 13 heteroatoms. The Balaban J connectivity index is 1.33. The molecular weight excluding hydrogens is 619 g/mol. The highest BCUT2D eigenvalue weighted by atomic mass is 35.5. The summed E-state index contributed by atoms with van der Waals surface area (Å²) >= 11 is 6.16. The van der Waals surface area contributed by atoms with Gasteiger partial charge in [-0.05, 0) is 71.8 Å². The molecule has 3 N–H and O–H groups in total. The Morgan fingerprint density at radius 2 is 1.61 bits per heavy atom. The molecule has 0 aromatic heterocycles. The summed E-state index contributed by atoms with van der Waals surface area (Å²) in [7, 11) is -4.28. The molecule has 0 bridgehead atoms. The summed E-state index contributed by atoms with van der Waals surface area (Å²) in [6.07, 6.45) is -4.44. The van der Waals surface area contributed by atoms with Gasteiger partial charge in [-0.15, -0.1) is 0 Å². The van der Waals surface area contributed by atoms with E-state index in [1.165, 1.54) is 36.4 Å². The van der Waals surface area contributed by atoms with Crippen LogP contribution in [0.15, 0.2) is 95.9 Å². The van der Waals surface area contributed by atoms with Crippen molar-refractivity contribution >= 4 is 44.9 Å². The predicted molar refractivity (Wildman–Crippen MR) is 160 cm³/mol. The smallest absolute Gasteiger partial charge is 0.416 e. The molecule has 0 fully saturated rings. The van der Waals surface area contributed by atoms with E-state index in [-0.39, 0.29) is 34.0 Å². The van der Waals surface area contributed by atoms with E-state index in [1.807, 2.05) is 0 Å². The summed E-state index contributed by atoms with van der Waals surface area (Å²) < 4.78 is 68.7. The Morgan fingerprint density at radius 1 is 0.932 bits per heavy atom. The van der Waals surface area contributed by atoms with E-state index >= 15 is 0 Å². The van der Waals surface area contributed by atoms with Gasteiger partial charge in [-0.2, -0.15) is 13.2 Å². The second-order valence-electron chi connectivity index (χ2n) is 9.97. The predicted octanol–water partition coefficient (Wildman–Crippen LogP) is 6.07. The van der Waals surface area contributed by atoms with Gasteiger partial charge >= 0.3 is 12.1 Å². The van der Waals surface area contributed by atoms with Gasteiger partial charge in [0, 0.05) is 35.8 Å². The number of carboxylic acid groups (broad SMARTS) is 1. The normalized spacial score (nSPS) is 14.6. The summed E-state index contributed by atoms with van der Waals surface area (Å²) in [5, 5.41) is 14.9. The van der Waals surface area contributed by atoms with Gasteiger partial charge < -0.3 is 15.7 Å². The molecule has 1 heterocycles. The van der Waals surface area contributed by atoms with Gasteiger partial charge in [0.2, 0.25) is 5.91 Å². The minimum atomic E-state index is -4.58. The van der Waals surface area contributed by atoms with Crippen molar-refractivity contribution in [2.75, 3.05) is 22.7 Å². The average molecular weight is 644 g/mol. The number of anilines is 2. The molecule has 8 nitrogen and oxygen atoms in total. The fraction of sp³-hybridized carbons (Fsp3) is 0.161. The van der Waals surface area contributed by atoms with Crippen LogP contribution in [0.2, 0.25) is 5.02 Å². The first-order valence-electron chi connectivity index (χ1n) is 13.3. The number of carbonyl (C=O) groups excluding carboxylic acids is 1. The van der Waals surface area contributed by atoms with Crippen LogP contribution in [0.3, 0.4) is 0 Å². The molecule has 4 aromatic rings. The van der Waals surface area contributed by atoms with Crippen LogP contribution >= 0.6 is 11.6 Å². The molecule has 0 spiro atoms. The van der Waals surface area contributed by atoms with E-state index in [9.17, 15) is 31.2 Å². The molecule has 1 aliphatic rings. The zero-order valence-electron chi connectivity index (χ0n) is 22.8. The molecule has 5 rings (SSSR count). The number of rotatable bonds is 9. The van der Waals surface area contributed by atoms with Crippen molar-refractivity contribution in [2.24, 2.45) is 0 Å². The number of nitrogens with one attached hydrogen (secondary N) is 2. The molecule has 0 saturated carbocycles. The van der Waals surface area contributed by atoms with Gasteiger partial charge in [0.1, 0.15) is 6.04 Å². The van der Waals surface area contributed by atoms with E-state index in [0.29, 0.717) is 29.0 Å². The Hall–Kier alpha value is -4.55. The van der Waals surface area contributed by atoms with E-state index in [4.69, 9.17) is 16.7 Å². The van der Waals surface area contributed by atoms with Crippen LogP contribution in [0.4, 0.5) is 24.5 Å². The van der Waals surface area contributed by atoms with Crippen LogP contribution in [0.1, 0.15) is 21.5 Å². The number of benzene rings is 4. The number of amides is 1. The van der Waals surface area contributed by atoms with Crippen molar-refractivity contribution in [2.45, 2.75) is 23.5 Å². The van der Waals surface area contributed by atoms with Gasteiger partial charge in [-0.3, -0.25) is 9.10 Å². The molecule has 0 unspecified atom stereocenters. The van der Waals surface area contributed by atoms with Gasteiger partial charge in [-0.25, -0.2) is 13.2 Å². The van der Waals surface area contributed by atoms with Crippen LogP contribution in [0, 0.1) is 0 Å². The van der Waals surface area contributed by atoms with Gasteiger partial charge in [0.15, 0.2) is 0 Å². The summed E-state index contributed by atoms with van der Waals surface area (Å²) in [5.41, 5.74) is 1.32. The minimum Gasteiger partial charge on any atom is -0.478 e. The van der Waals surface area contributed by atoms with Crippen molar-refractivity contribution < 1.29 is 36.3 Å². The number of carboxylic acids is 1. The Kier molecular flexibility index (Phi) is 8.57. The van der Waals surface area contributed by atoms with E-state index in [0.717, 1.165) is 22.5 Å². The fourth-order valence-electron chi connectivity index (χ4n) is 4.94. The quantitative estimate of drug-likeness (QED) is 0.191. The lowest BCUT2D eigenvalue weighted by Gasteiger charge is -2.26. The first-order valence-corrected chi connectivity index (χ1v) is 15.1. The average Bonchev–Trinajstić information content (AvgIpc) is 3.40.